The van der Waals surface area contributed by atoms with Crippen LogP contribution in [0.3, 0.4) is 0 Å². The Morgan fingerprint density at radius 2 is 2.25 bits per heavy atom. The van der Waals surface area contributed by atoms with Gasteiger partial charge in [-0.3, -0.25) is 9.78 Å². The van der Waals surface area contributed by atoms with Crippen molar-refractivity contribution in [3.8, 4) is 5.75 Å². The number of pyridine rings is 1. The highest BCUT2D eigenvalue weighted by molar-refractivity contribution is 5.73. The SMILES string of the molecule is Cc1ncccc1OCCC(C)(C)C(=O)O. The van der Waals surface area contributed by atoms with Crippen molar-refractivity contribution in [1.29, 1.82) is 0 Å². The summed E-state index contributed by atoms with van der Waals surface area (Å²) in [6.07, 6.45) is 2.17. The van der Waals surface area contributed by atoms with Crippen LogP contribution in [0.15, 0.2) is 18.3 Å². The van der Waals surface area contributed by atoms with E-state index in [0.29, 0.717) is 18.8 Å². The predicted molar refractivity (Wildman–Crippen MR) is 60.5 cm³/mol. The van der Waals surface area contributed by atoms with Crippen LogP contribution >= 0.6 is 0 Å². The van der Waals surface area contributed by atoms with Gasteiger partial charge >= 0.3 is 5.97 Å². The van der Waals surface area contributed by atoms with E-state index in [1.165, 1.54) is 0 Å². The molecule has 0 fully saturated rings. The second-order valence-corrected chi connectivity index (χ2v) is 4.37. The first-order valence-electron chi connectivity index (χ1n) is 5.21. The summed E-state index contributed by atoms with van der Waals surface area (Å²) in [4.78, 5) is 15.0. The lowest BCUT2D eigenvalue weighted by Crippen LogP contribution is -2.25. The van der Waals surface area contributed by atoms with Crippen molar-refractivity contribution in [2.45, 2.75) is 27.2 Å². The van der Waals surface area contributed by atoms with Gasteiger partial charge in [-0.1, -0.05) is 0 Å². The van der Waals surface area contributed by atoms with Gasteiger partial charge in [0.25, 0.3) is 0 Å². The first kappa shape index (κ1) is 12.5. The van der Waals surface area contributed by atoms with E-state index in [2.05, 4.69) is 4.98 Å². The summed E-state index contributed by atoms with van der Waals surface area (Å²) in [7, 11) is 0. The molecule has 4 heteroatoms. The molecule has 1 rings (SSSR count). The first-order valence-corrected chi connectivity index (χ1v) is 5.21. The van der Waals surface area contributed by atoms with Crippen LogP contribution in [-0.4, -0.2) is 22.7 Å². The maximum Gasteiger partial charge on any atom is 0.309 e. The molecule has 0 saturated heterocycles. The van der Waals surface area contributed by atoms with Crippen molar-refractivity contribution < 1.29 is 14.6 Å². The molecule has 4 nitrogen and oxygen atoms in total. The van der Waals surface area contributed by atoms with Crippen molar-refractivity contribution in [3.05, 3.63) is 24.0 Å². The van der Waals surface area contributed by atoms with E-state index in [4.69, 9.17) is 9.84 Å². The van der Waals surface area contributed by atoms with Gasteiger partial charge in [-0.15, -0.1) is 0 Å². The molecule has 0 atom stereocenters. The number of carbonyl (C=O) groups is 1. The zero-order chi connectivity index (χ0) is 12.2. The fourth-order valence-electron chi connectivity index (χ4n) is 1.15. The Hall–Kier alpha value is -1.58. The van der Waals surface area contributed by atoms with Gasteiger partial charge in [0, 0.05) is 6.20 Å². The number of nitrogens with zero attached hydrogens (tertiary/aromatic N) is 1. The molecule has 0 radical (unpaired) electrons. The fraction of sp³-hybridized carbons (Fsp3) is 0.500. The highest BCUT2D eigenvalue weighted by atomic mass is 16.5. The molecule has 0 aliphatic rings. The lowest BCUT2D eigenvalue weighted by Gasteiger charge is -2.19. The normalized spacial score (nSPS) is 11.2. The van der Waals surface area contributed by atoms with Crippen LogP contribution in [0.2, 0.25) is 0 Å². The van der Waals surface area contributed by atoms with E-state index in [9.17, 15) is 4.79 Å². The van der Waals surface area contributed by atoms with Crippen LogP contribution in [0.1, 0.15) is 26.0 Å². The molecule has 88 valence electrons. The molecule has 1 aromatic rings. The van der Waals surface area contributed by atoms with Crippen molar-refractivity contribution in [3.63, 3.8) is 0 Å². The Labute approximate surface area is 95.3 Å². The number of aliphatic carboxylic acids is 1. The molecule has 0 aromatic carbocycles. The molecule has 0 aliphatic heterocycles. The Bertz CT molecular complexity index is 374. The van der Waals surface area contributed by atoms with Gasteiger partial charge in [0.2, 0.25) is 0 Å². The molecule has 0 amide bonds. The van der Waals surface area contributed by atoms with Crippen LogP contribution < -0.4 is 4.74 Å². The maximum absolute atomic E-state index is 10.9. The summed E-state index contributed by atoms with van der Waals surface area (Å²) in [5, 5.41) is 8.93. The zero-order valence-electron chi connectivity index (χ0n) is 9.86. The van der Waals surface area contributed by atoms with E-state index >= 15 is 0 Å². The molecular formula is C12H17NO3. The Morgan fingerprint density at radius 3 is 2.81 bits per heavy atom. The molecule has 0 unspecified atom stereocenters. The van der Waals surface area contributed by atoms with Crippen molar-refractivity contribution in [2.24, 2.45) is 5.41 Å². The second-order valence-electron chi connectivity index (χ2n) is 4.37. The third-order valence-electron chi connectivity index (χ3n) is 2.52. The number of hydrogen-bond donors (Lipinski definition) is 1. The molecule has 1 aromatic heterocycles. The van der Waals surface area contributed by atoms with Crippen molar-refractivity contribution in [2.75, 3.05) is 6.61 Å². The quantitative estimate of drug-likeness (QED) is 0.831. The fourth-order valence-corrected chi connectivity index (χ4v) is 1.15. The molecule has 0 aliphatic carbocycles. The Morgan fingerprint density at radius 1 is 1.56 bits per heavy atom. The van der Waals surface area contributed by atoms with Gasteiger partial charge in [0.15, 0.2) is 0 Å². The topological polar surface area (TPSA) is 59.4 Å². The first-order chi connectivity index (χ1) is 7.43. The number of carboxylic acid groups (broad SMARTS) is 1. The van der Waals surface area contributed by atoms with Gasteiger partial charge in [-0.05, 0) is 39.3 Å². The average molecular weight is 223 g/mol. The number of ether oxygens (including phenoxy) is 1. The van der Waals surface area contributed by atoms with Gasteiger partial charge in [0.1, 0.15) is 5.75 Å². The number of hydrogen-bond acceptors (Lipinski definition) is 3. The summed E-state index contributed by atoms with van der Waals surface area (Å²) in [5.74, 6) is -0.0947. The molecule has 1 heterocycles. The third-order valence-corrected chi connectivity index (χ3v) is 2.52. The third kappa shape index (κ3) is 3.22. The van der Waals surface area contributed by atoms with E-state index in [1.807, 2.05) is 13.0 Å². The van der Waals surface area contributed by atoms with Crippen LogP contribution in [0.5, 0.6) is 5.75 Å². The number of carboxylic acids is 1. The number of aromatic nitrogens is 1. The minimum Gasteiger partial charge on any atom is -0.492 e. The molecule has 0 saturated carbocycles. The van der Waals surface area contributed by atoms with Gasteiger partial charge in [-0.2, -0.15) is 0 Å². The minimum atomic E-state index is -0.806. The van der Waals surface area contributed by atoms with Gasteiger partial charge < -0.3 is 9.84 Å². The average Bonchev–Trinajstić information content (AvgIpc) is 2.20. The number of aryl methyl sites for hydroxylation is 1. The van der Waals surface area contributed by atoms with E-state index in [-0.39, 0.29) is 0 Å². The Kier molecular flexibility index (Phi) is 3.88. The summed E-state index contributed by atoms with van der Waals surface area (Å²) >= 11 is 0. The van der Waals surface area contributed by atoms with Crippen LogP contribution in [0.4, 0.5) is 0 Å². The minimum absolute atomic E-state index is 0.381. The summed E-state index contributed by atoms with van der Waals surface area (Å²) in [6, 6.07) is 3.63. The van der Waals surface area contributed by atoms with Crippen LogP contribution in [-0.2, 0) is 4.79 Å². The van der Waals surface area contributed by atoms with Crippen molar-refractivity contribution >= 4 is 5.97 Å². The second kappa shape index (κ2) is 4.96. The standard InChI is InChI=1S/C12H17NO3/c1-9-10(5-4-7-13-9)16-8-6-12(2,3)11(14)15/h4-5,7H,6,8H2,1-3H3,(H,14,15). The maximum atomic E-state index is 10.9. The van der Waals surface area contributed by atoms with Crippen LogP contribution in [0.25, 0.3) is 0 Å². The molecule has 0 bridgehead atoms. The highest BCUT2D eigenvalue weighted by Gasteiger charge is 2.26. The summed E-state index contributed by atoms with van der Waals surface area (Å²) in [6.45, 7) is 5.62. The molecule has 16 heavy (non-hydrogen) atoms. The van der Waals surface area contributed by atoms with Crippen LogP contribution in [0, 0.1) is 12.3 Å². The smallest absolute Gasteiger partial charge is 0.309 e. The monoisotopic (exact) mass is 223 g/mol. The van der Waals surface area contributed by atoms with Gasteiger partial charge in [-0.25, -0.2) is 0 Å². The van der Waals surface area contributed by atoms with E-state index < -0.39 is 11.4 Å². The lowest BCUT2D eigenvalue weighted by molar-refractivity contribution is -0.147. The van der Waals surface area contributed by atoms with E-state index in [1.54, 1.807) is 26.1 Å². The molecule has 0 spiro atoms. The largest absolute Gasteiger partial charge is 0.492 e. The summed E-state index contributed by atoms with van der Waals surface area (Å²) < 4.78 is 5.50. The summed E-state index contributed by atoms with van der Waals surface area (Å²) in [5.41, 5.74) is 0.0615. The highest BCUT2D eigenvalue weighted by Crippen LogP contribution is 2.21. The van der Waals surface area contributed by atoms with E-state index in [0.717, 1.165) is 5.69 Å². The predicted octanol–water partition coefficient (Wildman–Crippen LogP) is 2.27. The zero-order valence-corrected chi connectivity index (χ0v) is 9.86. The lowest BCUT2D eigenvalue weighted by atomic mass is 9.90. The Balaban J connectivity index is 2.48. The molecular weight excluding hydrogens is 206 g/mol. The number of rotatable bonds is 5. The molecule has 1 N–H and O–H groups in total. The van der Waals surface area contributed by atoms with Gasteiger partial charge in [0.05, 0.1) is 17.7 Å². The van der Waals surface area contributed by atoms with Crippen molar-refractivity contribution in [1.82, 2.24) is 4.98 Å².